The molecule has 1 aliphatic rings. The van der Waals surface area contributed by atoms with Crippen LogP contribution in [0.4, 0.5) is 0 Å². The van der Waals surface area contributed by atoms with E-state index >= 15 is 0 Å². The summed E-state index contributed by atoms with van der Waals surface area (Å²) in [4.78, 5) is 2.55. The van der Waals surface area contributed by atoms with Gasteiger partial charge in [-0.3, -0.25) is 0 Å². The molecule has 0 aromatic rings. The van der Waals surface area contributed by atoms with E-state index in [0.717, 1.165) is 6.54 Å². The molecule has 0 aromatic heterocycles. The molecule has 0 amide bonds. The topological polar surface area (TPSA) is 35.5 Å². The first-order valence-electron chi connectivity index (χ1n) is 7.74. The van der Waals surface area contributed by atoms with Crippen LogP contribution in [0, 0.1) is 5.92 Å². The van der Waals surface area contributed by atoms with Crippen molar-refractivity contribution in [2.24, 2.45) is 5.92 Å². The van der Waals surface area contributed by atoms with Crippen LogP contribution in [0.1, 0.15) is 52.4 Å². The van der Waals surface area contributed by atoms with E-state index in [-0.39, 0.29) is 12.1 Å². The predicted molar refractivity (Wildman–Crippen MR) is 77.9 cm³/mol. The monoisotopic (exact) mass is 256 g/mol. The van der Waals surface area contributed by atoms with E-state index in [1.807, 2.05) is 7.05 Å². The first kappa shape index (κ1) is 15.9. The van der Waals surface area contributed by atoms with Gasteiger partial charge < -0.3 is 15.3 Å². The van der Waals surface area contributed by atoms with Crippen molar-refractivity contribution >= 4 is 0 Å². The Balaban J connectivity index is 2.53. The number of hydrogen-bond acceptors (Lipinski definition) is 3. The van der Waals surface area contributed by atoms with Crippen molar-refractivity contribution in [3.63, 3.8) is 0 Å². The summed E-state index contributed by atoms with van der Waals surface area (Å²) < 4.78 is 0. The maximum atomic E-state index is 9.80. The van der Waals surface area contributed by atoms with Gasteiger partial charge in [0.1, 0.15) is 0 Å². The van der Waals surface area contributed by atoms with Gasteiger partial charge in [-0.25, -0.2) is 0 Å². The van der Waals surface area contributed by atoms with E-state index in [1.165, 1.54) is 51.6 Å². The van der Waals surface area contributed by atoms with Gasteiger partial charge in [-0.1, -0.05) is 26.7 Å². The first-order chi connectivity index (χ1) is 8.72. The zero-order chi connectivity index (χ0) is 13.4. The molecule has 1 aliphatic carbocycles. The highest BCUT2D eigenvalue weighted by atomic mass is 16.3. The quantitative estimate of drug-likeness (QED) is 0.595. The molecule has 18 heavy (non-hydrogen) atoms. The summed E-state index contributed by atoms with van der Waals surface area (Å²) in [5, 5.41) is 13.2. The zero-order valence-electron chi connectivity index (χ0n) is 12.5. The lowest BCUT2D eigenvalue weighted by Gasteiger charge is -2.37. The van der Waals surface area contributed by atoms with E-state index < -0.39 is 0 Å². The second-order valence-electron chi connectivity index (χ2n) is 5.82. The minimum atomic E-state index is -0.0541. The molecule has 0 bridgehead atoms. The Morgan fingerprint density at radius 1 is 1.17 bits per heavy atom. The number of unbranched alkanes of at least 4 members (excludes halogenated alkanes) is 2. The van der Waals surface area contributed by atoms with E-state index in [9.17, 15) is 5.11 Å². The molecule has 0 aromatic carbocycles. The minimum Gasteiger partial charge on any atom is -0.394 e. The highest BCUT2D eigenvalue weighted by Crippen LogP contribution is 2.39. The summed E-state index contributed by atoms with van der Waals surface area (Å²) in [5.41, 5.74) is -0.0541. The standard InChI is InChI=1S/C15H32N2O/c1-4-6-10-17(11-7-5-2)12-15(13-18,16-3)14-8-9-14/h14,16,18H,4-13H2,1-3H3. The molecule has 3 nitrogen and oxygen atoms in total. The number of likely N-dealkylation sites (N-methyl/N-ethyl adjacent to an activating group) is 1. The summed E-state index contributed by atoms with van der Waals surface area (Å²) in [7, 11) is 2.01. The minimum absolute atomic E-state index is 0.0541. The van der Waals surface area contributed by atoms with Crippen LogP contribution in [-0.4, -0.2) is 48.8 Å². The highest BCUT2D eigenvalue weighted by molar-refractivity contribution is 5.02. The number of rotatable bonds is 11. The van der Waals surface area contributed by atoms with Gasteiger partial charge in [-0.05, 0) is 51.7 Å². The molecule has 1 fully saturated rings. The zero-order valence-corrected chi connectivity index (χ0v) is 12.5. The number of nitrogens with zero attached hydrogens (tertiary/aromatic N) is 1. The number of aliphatic hydroxyl groups is 1. The average molecular weight is 256 g/mol. The Morgan fingerprint density at radius 3 is 2.06 bits per heavy atom. The van der Waals surface area contributed by atoms with E-state index in [4.69, 9.17) is 0 Å². The van der Waals surface area contributed by atoms with Crippen LogP contribution in [-0.2, 0) is 0 Å². The largest absolute Gasteiger partial charge is 0.394 e. The van der Waals surface area contributed by atoms with Crippen LogP contribution in [0.5, 0.6) is 0 Å². The molecule has 1 saturated carbocycles. The number of aliphatic hydroxyl groups excluding tert-OH is 1. The molecule has 1 rings (SSSR count). The summed E-state index contributed by atoms with van der Waals surface area (Å²) in [6, 6.07) is 0. The lowest BCUT2D eigenvalue weighted by Crippen LogP contribution is -2.57. The second-order valence-corrected chi connectivity index (χ2v) is 5.82. The van der Waals surface area contributed by atoms with Crippen molar-refractivity contribution in [3.8, 4) is 0 Å². The van der Waals surface area contributed by atoms with Gasteiger partial charge in [0.2, 0.25) is 0 Å². The molecule has 0 aliphatic heterocycles. The highest BCUT2D eigenvalue weighted by Gasteiger charge is 2.44. The summed E-state index contributed by atoms with van der Waals surface area (Å²) in [6.45, 7) is 8.11. The molecule has 2 N–H and O–H groups in total. The third-order valence-corrected chi connectivity index (χ3v) is 4.30. The fourth-order valence-corrected chi connectivity index (χ4v) is 2.74. The van der Waals surface area contributed by atoms with Crippen molar-refractivity contribution < 1.29 is 5.11 Å². The Hall–Kier alpha value is -0.120. The fourth-order valence-electron chi connectivity index (χ4n) is 2.74. The van der Waals surface area contributed by atoms with E-state index in [1.54, 1.807) is 0 Å². The lowest BCUT2D eigenvalue weighted by molar-refractivity contribution is 0.0950. The molecule has 1 unspecified atom stereocenters. The number of hydrogen-bond donors (Lipinski definition) is 2. The Labute approximate surface area is 113 Å². The van der Waals surface area contributed by atoms with Gasteiger partial charge in [-0.2, -0.15) is 0 Å². The first-order valence-corrected chi connectivity index (χ1v) is 7.74. The molecule has 0 spiro atoms. The molecular weight excluding hydrogens is 224 g/mol. The van der Waals surface area contributed by atoms with Crippen LogP contribution in [0.15, 0.2) is 0 Å². The van der Waals surface area contributed by atoms with Crippen molar-refractivity contribution in [1.82, 2.24) is 10.2 Å². The fraction of sp³-hybridized carbons (Fsp3) is 1.00. The third kappa shape index (κ3) is 4.52. The van der Waals surface area contributed by atoms with Crippen LogP contribution in [0.25, 0.3) is 0 Å². The Morgan fingerprint density at radius 2 is 1.72 bits per heavy atom. The van der Waals surface area contributed by atoms with Crippen LogP contribution in [0.2, 0.25) is 0 Å². The van der Waals surface area contributed by atoms with Crippen LogP contribution in [0.3, 0.4) is 0 Å². The van der Waals surface area contributed by atoms with Crippen LogP contribution >= 0.6 is 0 Å². The smallest absolute Gasteiger partial charge is 0.0628 e. The second kappa shape index (κ2) is 8.13. The molecule has 108 valence electrons. The van der Waals surface area contributed by atoms with Gasteiger partial charge in [-0.15, -0.1) is 0 Å². The van der Waals surface area contributed by atoms with Gasteiger partial charge in [0.05, 0.1) is 12.1 Å². The van der Waals surface area contributed by atoms with Crippen LogP contribution < -0.4 is 5.32 Å². The normalized spacial score (nSPS) is 19.2. The van der Waals surface area contributed by atoms with Gasteiger partial charge >= 0.3 is 0 Å². The molecule has 0 saturated heterocycles. The lowest BCUT2D eigenvalue weighted by atomic mass is 9.93. The van der Waals surface area contributed by atoms with Crippen molar-refractivity contribution in [3.05, 3.63) is 0 Å². The van der Waals surface area contributed by atoms with E-state index in [2.05, 4.69) is 24.1 Å². The van der Waals surface area contributed by atoms with Gasteiger partial charge in [0.15, 0.2) is 0 Å². The molecule has 1 atom stereocenters. The summed E-state index contributed by atoms with van der Waals surface area (Å²) in [5.74, 6) is 0.679. The maximum Gasteiger partial charge on any atom is 0.0628 e. The van der Waals surface area contributed by atoms with Crippen molar-refractivity contribution in [1.29, 1.82) is 0 Å². The molecule has 0 heterocycles. The van der Waals surface area contributed by atoms with Gasteiger partial charge in [0.25, 0.3) is 0 Å². The molecule has 3 heteroatoms. The van der Waals surface area contributed by atoms with Crippen molar-refractivity contribution in [2.75, 3.05) is 33.3 Å². The number of nitrogens with one attached hydrogen (secondary N) is 1. The summed E-state index contributed by atoms with van der Waals surface area (Å²) >= 11 is 0. The van der Waals surface area contributed by atoms with E-state index in [0.29, 0.717) is 5.92 Å². The third-order valence-electron chi connectivity index (χ3n) is 4.30. The molecular formula is C15H32N2O. The SMILES string of the molecule is CCCCN(CCCC)CC(CO)(NC)C1CC1. The Kier molecular flexibility index (Phi) is 7.20. The molecule has 0 radical (unpaired) electrons. The predicted octanol–water partition coefficient (Wildman–Crippen LogP) is 2.25. The van der Waals surface area contributed by atoms with Gasteiger partial charge in [0, 0.05) is 6.54 Å². The summed E-state index contributed by atoms with van der Waals surface area (Å²) in [6.07, 6.45) is 7.57. The maximum absolute atomic E-state index is 9.80. The average Bonchev–Trinajstić information content (AvgIpc) is 3.23. The van der Waals surface area contributed by atoms with Crippen molar-refractivity contribution in [2.45, 2.75) is 57.9 Å². The Bertz CT molecular complexity index is 205.